The molecule has 0 radical (unpaired) electrons. The quantitative estimate of drug-likeness (QED) is 0.163. The number of nitrogens with zero attached hydrogens (tertiary/aromatic N) is 2. The predicted octanol–water partition coefficient (Wildman–Crippen LogP) is 6.82. The molecule has 37 heavy (non-hydrogen) atoms. The van der Waals surface area contributed by atoms with Crippen molar-refractivity contribution in [1.82, 2.24) is 0 Å². The molecule has 0 atom stereocenters. The lowest BCUT2D eigenvalue weighted by atomic mass is 9.96. The van der Waals surface area contributed by atoms with E-state index in [-0.39, 0.29) is 22.9 Å². The highest BCUT2D eigenvalue weighted by molar-refractivity contribution is 7.81. The molecule has 182 valence electrons. The van der Waals surface area contributed by atoms with Gasteiger partial charge in [-0.3, -0.25) is 19.4 Å². The lowest BCUT2D eigenvalue weighted by molar-refractivity contribution is -0.120. The first-order valence-electron chi connectivity index (χ1n) is 11.5. The number of anilines is 2. The van der Waals surface area contributed by atoms with Crippen LogP contribution in [0.4, 0.5) is 15.8 Å². The Hall–Kier alpha value is -4.13. The Balaban J connectivity index is 1.65. The summed E-state index contributed by atoms with van der Waals surface area (Å²) in [6.07, 6.45) is 1.77. The Labute approximate surface area is 224 Å². The molecule has 1 saturated heterocycles. The van der Waals surface area contributed by atoms with Crippen molar-refractivity contribution in [3.05, 3.63) is 136 Å². The molecule has 4 nitrogen and oxygen atoms in total. The van der Waals surface area contributed by atoms with Gasteiger partial charge in [0.25, 0.3) is 11.8 Å². The highest BCUT2D eigenvalue weighted by Crippen LogP contribution is 2.31. The van der Waals surface area contributed by atoms with Gasteiger partial charge in [-0.05, 0) is 77.4 Å². The largest absolute Gasteiger partial charge is 0.270 e. The number of amides is 2. The zero-order chi connectivity index (χ0) is 25.9. The van der Waals surface area contributed by atoms with E-state index in [1.54, 1.807) is 84.9 Å². The van der Waals surface area contributed by atoms with E-state index in [1.165, 1.54) is 21.9 Å². The molecule has 1 aliphatic rings. The average Bonchev–Trinajstić information content (AvgIpc) is 2.90. The van der Waals surface area contributed by atoms with Crippen LogP contribution in [-0.2, 0) is 16.0 Å². The third kappa shape index (κ3) is 4.94. The molecule has 7 heteroatoms. The summed E-state index contributed by atoms with van der Waals surface area (Å²) in [5.74, 6) is -1.44. The fourth-order valence-corrected chi connectivity index (χ4v) is 4.76. The minimum absolute atomic E-state index is 0.0576. The highest BCUT2D eigenvalue weighted by Gasteiger charge is 2.41. The number of carbonyl (C=O) groups is 2. The monoisotopic (exact) mass is 526 g/mol. The molecule has 4 aromatic rings. The van der Waals surface area contributed by atoms with Crippen molar-refractivity contribution >= 4 is 58.2 Å². The van der Waals surface area contributed by atoms with Gasteiger partial charge in [0, 0.05) is 11.4 Å². The summed E-state index contributed by atoms with van der Waals surface area (Å²) in [5, 5.41) is 0.484. The molecule has 0 N–H and O–H groups in total. The zero-order valence-electron chi connectivity index (χ0n) is 19.5. The number of carbonyl (C=O) groups excluding carboxylic acids is 2. The van der Waals surface area contributed by atoms with Crippen molar-refractivity contribution in [2.75, 3.05) is 9.80 Å². The smallest absolute Gasteiger partial charge is 0.268 e. The number of hydrogen-bond donors (Lipinski definition) is 0. The van der Waals surface area contributed by atoms with E-state index >= 15 is 0 Å². The Bertz CT molecular complexity index is 1480. The van der Waals surface area contributed by atoms with Crippen molar-refractivity contribution < 1.29 is 14.0 Å². The van der Waals surface area contributed by atoms with Gasteiger partial charge < -0.3 is 0 Å². The number of para-hydroxylation sites is 2. The maximum atomic E-state index is 14.4. The first-order chi connectivity index (χ1) is 17.9. The summed E-state index contributed by atoms with van der Waals surface area (Å²) in [5.41, 5.74) is 2.74. The van der Waals surface area contributed by atoms with Gasteiger partial charge in [0.05, 0.1) is 11.4 Å². The molecule has 4 aromatic carbocycles. The summed E-state index contributed by atoms with van der Waals surface area (Å²) in [7, 11) is 0. The summed E-state index contributed by atoms with van der Waals surface area (Å²) in [4.78, 5) is 30.2. The molecule has 0 saturated carbocycles. The van der Waals surface area contributed by atoms with Crippen LogP contribution in [0.2, 0.25) is 5.02 Å². The minimum atomic E-state index is -0.551. The van der Waals surface area contributed by atoms with Gasteiger partial charge in [-0.1, -0.05) is 72.3 Å². The third-order valence-electron chi connectivity index (χ3n) is 6.02. The number of hydrogen-bond acceptors (Lipinski definition) is 3. The van der Waals surface area contributed by atoms with E-state index in [2.05, 4.69) is 0 Å². The van der Waals surface area contributed by atoms with E-state index in [4.69, 9.17) is 23.8 Å². The van der Waals surface area contributed by atoms with Crippen molar-refractivity contribution in [1.29, 1.82) is 0 Å². The van der Waals surface area contributed by atoms with E-state index in [9.17, 15) is 14.0 Å². The Morgan fingerprint density at radius 2 is 1.27 bits per heavy atom. The zero-order valence-corrected chi connectivity index (χ0v) is 21.0. The SMILES string of the molecule is O=C1C(=Cc2cc(Cl)ccc2Cc2ccccc2F)C(=O)N(c2ccccc2)C(=S)N1c1ccccc1. The molecular weight excluding hydrogens is 507 g/mol. The van der Waals surface area contributed by atoms with Crippen LogP contribution >= 0.6 is 23.8 Å². The van der Waals surface area contributed by atoms with Crippen molar-refractivity contribution in [3.8, 4) is 0 Å². The molecule has 0 bridgehead atoms. The number of rotatable bonds is 5. The Morgan fingerprint density at radius 3 is 1.84 bits per heavy atom. The van der Waals surface area contributed by atoms with Crippen LogP contribution in [0.1, 0.15) is 16.7 Å². The molecule has 0 aliphatic carbocycles. The summed E-state index contributed by atoms with van der Waals surface area (Å²) < 4.78 is 14.4. The molecule has 0 aromatic heterocycles. The van der Waals surface area contributed by atoms with E-state index in [1.807, 2.05) is 12.1 Å². The molecule has 1 aliphatic heterocycles. The van der Waals surface area contributed by atoms with Gasteiger partial charge in [-0.25, -0.2) is 4.39 Å². The van der Waals surface area contributed by atoms with Gasteiger partial charge in [0.1, 0.15) is 11.4 Å². The molecule has 5 rings (SSSR count). The maximum absolute atomic E-state index is 14.4. The summed E-state index contributed by atoms with van der Waals surface area (Å²) >= 11 is 12.0. The fraction of sp³-hybridized carbons (Fsp3) is 0.0333. The number of halogens is 2. The second kappa shape index (κ2) is 10.5. The first kappa shape index (κ1) is 24.6. The van der Waals surface area contributed by atoms with Gasteiger partial charge in [-0.15, -0.1) is 0 Å². The fourth-order valence-electron chi connectivity index (χ4n) is 4.20. The lowest BCUT2D eigenvalue weighted by Crippen LogP contribution is -2.56. The predicted molar refractivity (Wildman–Crippen MR) is 149 cm³/mol. The standard InChI is InChI=1S/C30H20ClFN2O2S/c31-23-16-15-20(17-21-9-7-8-14-27(21)32)22(18-23)19-26-28(35)33(24-10-3-1-4-11-24)30(37)34(29(26)36)25-12-5-2-6-13-25/h1-16,18-19H,17H2. The Morgan fingerprint density at radius 1 is 0.730 bits per heavy atom. The first-order valence-corrected chi connectivity index (χ1v) is 12.3. The van der Waals surface area contributed by atoms with Crippen molar-refractivity contribution in [2.45, 2.75) is 6.42 Å². The highest BCUT2D eigenvalue weighted by atomic mass is 35.5. The van der Waals surface area contributed by atoms with Crippen molar-refractivity contribution in [2.24, 2.45) is 0 Å². The number of benzene rings is 4. The van der Waals surface area contributed by atoms with Crippen LogP contribution in [-0.4, -0.2) is 16.9 Å². The maximum Gasteiger partial charge on any atom is 0.270 e. The molecule has 1 fully saturated rings. The van der Waals surface area contributed by atoms with Gasteiger partial charge in [-0.2, -0.15) is 0 Å². The molecule has 2 amide bonds. The summed E-state index contributed by atoms with van der Waals surface area (Å²) in [6, 6.07) is 29.5. The molecule has 0 unspecified atom stereocenters. The van der Waals surface area contributed by atoms with Crippen LogP contribution in [0.5, 0.6) is 0 Å². The molecular formula is C30H20ClFN2O2S. The van der Waals surface area contributed by atoms with Gasteiger partial charge >= 0.3 is 0 Å². The second-order valence-electron chi connectivity index (χ2n) is 8.40. The van der Waals surface area contributed by atoms with Crippen LogP contribution in [0.3, 0.4) is 0 Å². The topological polar surface area (TPSA) is 40.6 Å². The normalized spacial score (nSPS) is 13.8. The summed E-state index contributed by atoms with van der Waals surface area (Å²) in [6.45, 7) is 0. The third-order valence-corrected chi connectivity index (χ3v) is 6.63. The molecule has 0 spiro atoms. The minimum Gasteiger partial charge on any atom is -0.268 e. The van der Waals surface area contributed by atoms with E-state index < -0.39 is 11.8 Å². The molecule has 1 heterocycles. The van der Waals surface area contributed by atoms with Crippen LogP contribution < -0.4 is 9.80 Å². The Kier molecular flexibility index (Phi) is 6.95. The van der Waals surface area contributed by atoms with E-state index in [0.717, 1.165) is 0 Å². The van der Waals surface area contributed by atoms with Crippen LogP contribution in [0, 0.1) is 5.82 Å². The number of thiocarbonyl (C=S) groups is 1. The lowest BCUT2D eigenvalue weighted by Gasteiger charge is -2.36. The van der Waals surface area contributed by atoms with Gasteiger partial charge in [0.15, 0.2) is 5.11 Å². The van der Waals surface area contributed by atoms with E-state index in [0.29, 0.717) is 33.1 Å². The van der Waals surface area contributed by atoms with Crippen molar-refractivity contribution in [3.63, 3.8) is 0 Å². The van der Waals surface area contributed by atoms with Crippen LogP contribution in [0.15, 0.2) is 109 Å². The van der Waals surface area contributed by atoms with Crippen LogP contribution in [0.25, 0.3) is 6.08 Å². The average molecular weight is 527 g/mol. The van der Waals surface area contributed by atoms with Gasteiger partial charge in [0.2, 0.25) is 0 Å². The second-order valence-corrected chi connectivity index (χ2v) is 9.21.